The molecular formula is C16H19BrN2O2. The van der Waals surface area contributed by atoms with E-state index in [1.54, 1.807) is 13.1 Å². The van der Waals surface area contributed by atoms with Gasteiger partial charge in [-0.25, -0.2) is 0 Å². The van der Waals surface area contributed by atoms with Gasteiger partial charge in [-0.15, -0.1) is 0 Å². The zero-order chi connectivity index (χ0) is 15.4. The summed E-state index contributed by atoms with van der Waals surface area (Å²) in [5.41, 5.74) is 3.08. The number of hydrogen-bond acceptors (Lipinski definition) is 4. The Hall–Kier alpha value is -1.43. The van der Waals surface area contributed by atoms with Crippen molar-refractivity contribution in [2.45, 2.75) is 33.0 Å². The van der Waals surface area contributed by atoms with Crippen LogP contribution in [0.25, 0.3) is 0 Å². The lowest BCUT2D eigenvalue weighted by molar-refractivity contribution is 0.278. The minimum absolute atomic E-state index is 0.134. The van der Waals surface area contributed by atoms with Crippen molar-refractivity contribution in [3.63, 3.8) is 0 Å². The number of aromatic hydroxyl groups is 1. The molecule has 0 saturated carbocycles. The van der Waals surface area contributed by atoms with Gasteiger partial charge in [-0.05, 0) is 31.5 Å². The van der Waals surface area contributed by atoms with Crippen molar-refractivity contribution >= 4 is 15.9 Å². The summed E-state index contributed by atoms with van der Waals surface area (Å²) in [4.78, 5) is 4.06. The maximum absolute atomic E-state index is 10.1. The number of aliphatic hydroxyl groups is 1. The van der Waals surface area contributed by atoms with Crippen LogP contribution in [0.15, 0.2) is 34.9 Å². The minimum Gasteiger partial charge on any atom is -0.506 e. The van der Waals surface area contributed by atoms with Crippen molar-refractivity contribution in [2.75, 3.05) is 0 Å². The average Bonchev–Trinajstić information content (AvgIpc) is 2.49. The lowest BCUT2D eigenvalue weighted by Gasteiger charge is -2.17. The molecule has 0 spiro atoms. The summed E-state index contributed by atoms with van der Waals surface area (Å²) in [6.45, 7) is 4.15. The molecule has 4 nitrogen and oxygen atoms in total. The predicted molar refractivity (Wildman–Crippen MR) is 86.0 cm³/mol. The van der Waals surface area contributed by atoms with Gasteiger partial charge in [0.25, 0.3) is 0 Å². The smallest absolute Gasteiger partial charge is 0.141 e. The number of aromatic nitrogens is 1. The summed E-state index contributed by atoms with van der Waals surface area (Å²) in [6, 6.07) is 8.23. The fraction of sp³-hybridized carbons (Fsp3) is 0.312. The highest BCUT2D eigenvalue weighted by molar-refractivity contribution is 9.10. The molecule has 1 unspecified atom stereocenters. The highest BCUT2D eigenvalue weighted by Gasteiger charge is 2.13. The molecule has 0 amide bonds. The first-order valence-corrected chi connectivity index (χ1v) is 7.58. The summed E-state index contributed by atoms with van der Waals surface area (Å²) in [5.74, 6) is 0.150. The molecule has 0 aliphatic rings. The van der Waals surface area contributed by atoms with E-state index in [0.29, 0.717) is 23.4 Å². The van der Waals surface area contributed by atoms with E-state index in [1.165, 1.54) is 0 Å². The van der Waals surface area contributed by atoms with Crippen molar-refractivity contribution in [3.05, 3.63) is 57.3 Å². The number of nitrogens with one attached hydrogen (secondary N) is 1. The standard InChI is InChI=1S/C16H19BrN2O2/c1-10(12-3-5-14(17)6-4-12)19-8-15-13(9-20)7-18-11(2)16(15)21/h3-7,10,19-21H,8-9H2,1-2H3. The first-order chi connectivity index (χ1) is 10.0. The lowest BCUT2D eigenvalue weighted by atomic mass is 10.1. The fourth-order valence-corrected chi connectivity index (χ4v) is 2.41. The van der Waals surface area contributed by atoms with E-state index in [0.717, 1.165) is 10.0 Å². The highest BCUT2D eigenvalue weighted by Crippen LogP contribution is 2.25. The van der Waals surface area contributed by atoms with Gasteiger partial charge in [0, 0.05) is 34.4 Å². The number of aliphatic hydroxyl groups excluding tert-OH is 1. The molecule has 0 aliphatic heterocycles. The van der Waals surface area contributed by atoms with E-state index < -0.39 is 0 Å². The summed E-state index contributed by atoms with van der Waals surface area (Å²) >= 11 is 3.42. The summed E-state index contributed by atoms with van der Waals surface area (Å²) in [7, 11) is 0. The first-order valence-electron chi connectivity index (χ1n) is 6.79. The largest absolute Gasteiger partial charge is 0.506 e. The minimum atomic E-state index is -0.134. The van der Waals surface area contributed by atoms with Crippen molar-refractivity contribution < 1.29 is 10.2 Å². The third-order valence-corrected chi connectivity index (χ3v) is 4.08. The zero-order valence-electron chi connectivity index (χ0n) is 12.1. The molecule has 1 heterocycles. The fourth-order valence-electron chi connectivity index (χ4n) is 2.14. The number of hydrogen-bond donors (Lipinski definition) is 3. The summed E-state index contributed by atoms with van der Waals surface area (Å²) in [6.07, 6.45) is 1.61. The van der Waals surface area contributed by atoms with Crippen LogP contribution in [0.2, 0.25) is 0 Å². The molecule has 1 aromatic carbocycles. The van der Waals surface area contributed by atoms with Crippen molar-refractivity contribution in [1.82, 2.24) is 10.3 Å². The second-order valence-corrected chi connectivity index (χ2v) is 5.92. The third kappa shape index (κ3) is 3.81. The van der Waals surface area contributed by atoms with E-state index in [1.807, 2.05) is 24.3 Å². The monoisotopic (exact) mass is 350 g/mol. The number of rotatable bonds is 5. The van der Waals surface area contributed by atoms with Gasteiger partial charge in [0.15, 0.2) is 0 Å². The maximum atomic E-state index is 10.1. The lowest BCUT2D eigenvalue weighted by Crippen LogP contribution is -2.19. The Bertz CT molecular complexity index is 614. The van der Waals surface area contributed by atoms with Crippen LogP contribution in [-0.4, -0.2) is 15.2 Å². The van der Waals surface area contributed by atoms with Crippen LogP contribution in [0.5, 0.6) is 5.75 Å². The molecule has 0 saturated heterocycles. The van der Waals surface area contributed by atoms with Gasteiger partial charge in [-0.2, -0.15) is 0 Å². The van der Waals surface area contributed by atoms with E-state index in [2.05, 4.69) is 33.2 Å². The zero-order valence-corrected chi connectivity index (χ0v) is 13.7. The Balaban J connectivity index is 2.12. The van der Waals surface area contributed by atoms with Crippen LogP contribution in [0.3, 0.4) is 0 Å². The van der Waals surface area contributed by atoms with Crippen LogP contribution in [0.4, 0.5) is 0 Å². The number of benzene rings is 1. The normalized spacial score (nSPS) is 12.4. The summed E-state index contributed by atoms with van der Waals surface area (Å²) < 4.78 is 1.04. The van der Waals surface area contributed by atoms with Crippen molar-refractivity contribution in [1.29, 1.82) is 0 Å². The van der Waals surface area contributed by atoms with Crippen LogP contribution in [0, 0.1) is 6.92 Å². The average molecular weight is 351 g/mol. The molecule has 5 heteroatoms. The molecule has 0 bridgehead atoms. The van der Waals surface area contributed by atoms with Gasteiger partial charge in [-0.1, -0.05) is 28.1 Å². The topological polar surface area (TPSA) is 65.4 Å². The van der Waals surface area contributed by atoms with Gasteiger partial charge in [0.2, 0.25) is 0 Å². The molecular weight excluding hydrogens is 332 g/mol. The molecule has 0 aliphatic carbocycles. The van der Waals surface area contributed by atoms with Gasteiger partial charge in [0.1, 0.15) is 5.75 Å². The Labute approximate surface area is 133 Å². The van der Waals surface area contributed by atoms with Gasteiger partial charge >= 0.3 is 0 Å². The van der Waals surface area contributed by atoms with E-state index in [-0.39, 0.29) is 18.4 Å². The molecule has 2 aromatic rings. The Morgan fingerprint density at radius 3 is 2.57 bits per heavy atom. The first kappa shape index (κ1) is 15.9. The quantitative estimate of drug-likeness (QED) is 0.774. The van der Waals surface area contributed by atoms with E-state index >= 15 is 0 Å². The number of nitrogens with zero attached hydrogens (tertiary/aromatic N) is 1. The third-order valence-electron chi connectivity index (χ3n) is 3.56. The predicted octanol–water partition coefficient (Wildman–Crippen LogP) is 3.20. The van der Waals surface area contributed by atoms with Crippen LogP contribution >= 0.6 is 15.9 Å². The molecule has 112 valence electrons. The highest BCUT2D eigenvalue weighted by atomic mass is 79.9. The second kappa shape index (κ2) is 7.02. The molecule has 0 fully saturated rings. The molecule has 3 N–H and O–H groups in total. The van der Waals surface area contributed by atoms with E-state index in [9.17, 15) is 10.2 Å². The van der Waals surface area contributed by atoms with Crippen LogP contribution < -0.4 is 5.32 Å². The molecule has 21 heavy (non-hydrogen) atoms. The summed E-state index contributed by atoms with van der Waals surface area (Å²) in [5, 5.41) is 22.8. The van der Waals surface area contributed by atoms with Gasteiger partial charge < -0.3 is 15.5 Å². The Kier molecular flexibility index (Phi) is 5.33. The molecule has 1 aromatic heterocycles. The van der Waals surface area contributed by atoms with Gasteiger partial charge in [-0.3, -0.25) is 4.98 Å². The molecule has 0 radical (unpaired) electrons. The second-order valence-electron chi connectivity index (χ2n) is 5.01. The maximum Gasteiger partial charge on any atom is 0.141 e. The van der Waals surface area contributed by atoms with Crippen LogP contribution in [-0.2, 0) is 13.2 Å². The molecule has 2 rings (SSSR count). The van der Waals surface area contributed by atoms with Crippen molar-refractivity contribution in [2.24, 2.45) is 0 Å². The number of aryl methyl sites for hydroxylation is 1. The Morgan fingerprint density at radius 1 is 1.29 bits per heavy atom. The molecule has 1 atom stereocenters. The SMILES string of the molecule is Cc1ncc(CO)c(CNC(C)c2ccc(Br)cc2)c1O. The Morgan fingerprint density at radius 2 is 1.95 bits per heavy atom. The van der Waals surface area contributed by atoms with Crippen LogP contribution in [0.1, 0.15) is 35.3 Å². The number of halogens is 1. The van der Waals surface area contributed by atoms with E-state index in [4.69, 9.17) is 0 Å². The van der Waals surface area contributed by atoms with Gasteiger partial charge in [0.05, 0.1) is 12.3 Å². The van der Waals surface area contributed by atoms with Crippen molar-refractivity contribution in [3.8, 4) is 5.75 Å². The number of pyridine rings is 1.